The van der Waals surface area contributed by atoms with E-state index in [0.717, 1.165) is 0 Å². The van der Waals surface area contributed by atoms with Crippen LogP contribution in [0.25, 0.3) is 0 Å². The van der Waals surface area contributed by atoms with E-state index in [2.05, 4.69) is 0 Å². The Morgan fingerprint density at radius 3 is 2.15 bits per heavy atom. The van der Waals surface area contributed by atoms with Crippen molar-refractivity contribution in [2.24, 2.45) is 0 Å². The third-order valence-corrected chi connectivity index (χ3v) is 3.84. The SMILES string of the molecule is C[C@@H]1CN(C(=O)O)[C@@H](C)CN1C(=O)c1ccc(Cl)cc1. The Morgan fingerprint density at radius 2 is 1.60 bits per heavy atom. The Labute approximate surface area is 122 Å². The summed E-state index contributed by atoms with van der Waals surface area (Å²) in [6.07, 6.45) is -0.942. The van der Waals surface area contributed by atoms with E-state index < -0.39 is 6.09 Å². The highest BCUT2D eigenvalue weighted by atomic mass is 35.5. The number of hydrogen-bond acceptors (Lipinski definition) is 2. The quantitative estimate of drug-likeness (QED) is 0.866. The van der Waals surface area contributed by atoms with Gasteiger partial charge in [-0.25, -0.2) is 4.79 Å². The molecule has 0 spiro atoms. The van der Waals surface area contributed by atoms with Crippen molar-refractivity contribution < 1.29 is 14.7 Å². The molecule has 2 amide bonds. The zero-order valence-corrected chi connectivity index (χ0v) is 12.2. The van der Waals surface area contributed by atoms with Crippen molar-refractivity contribution in [1.82, 2.24) is 9.80 Å². The highest BCUT2D eigenvalue weighted by Gasteiger charge is 2.34. The van der Waals surface area contributed by atoms with Gasteiger partial charge < -0.3 is 14.9 Å². The zero-order valence-electron chi connectivity index (χ0n) is 11.4. The lowest BCUT2D eigenvalue weighted by Crippen LogP contribution is -2.59. The monoisotopic (exact) mass is 296 g/mol. The third-order valence-electron chi connectivity index (χ3n) is 3.58. The van der Waals surface area contributed by atoms with E-state index in [1.54, 1.807) is 29.2 Å². The summed E-state index contributed by atoms with van der Waals surface area (Å²) in [4.78, 5) is 26.6. The first-order chi connectivity index (χ1) is 9.40. The van der Waals surface area contributed by atoms with Gasteiger partial charge in [0.1, 0.15) is 0 Å². The minimum atomic E-state index is -0.942. The first kappa shape index (κ1) is 14.7. The molecule has 1 aromatic carbocycles. The molecular formula is C14H17ClN2O3. The molecule has 2 rings (SSSR count). The number of carbonyl (C=O) groups excluding carboxylic acids is 1. The molecule has 6 heteroatoms. The molecule has 1 aliphatic rings. The second-order valence-corrected chi connectivity index (χ2v) is 5.53. The van der Waals surface area contributed by atoms with E-state index in [1.165, 1.54) is 4.90 Å². The molecule has 0 bridgehead atoms. The number of halogens is 1. The fourth-order valence-corrected chi connectivity index (χ4v) is 2.56. The van der Waals surface area contributed by atoms with Crippen LogP contribution in [0.15, 0.2) is 24.3 Å². The van der Waals surface area contributed by atoms with Crippen molar-refractivity contribution in [2.75, 3.05) is 13.1 Å². The predicted molar refractivity (Wildman–Crippen MR) is 76.1 cm³/mol. The smallest absolute Gasteiger partial charge is 0.407 e. The number of rotatable bonds is 1. The van der Waals surface area contributed by atoms with Gasteiger partial charge in [0.25, 0.3) is 5.91 Å². The summed E-state index contributed by atoms with van der Waals surface area (Å²) in [5.74, 6) is -0.0916. The molecule has 1 aromatic rings. The summed E-state index contributed by atoms with van der Waals surface area (Å²) < 4.78 is 0. The molecule has 1 saturated heterocycles. The highest BCUT2D eigenvalue weighted by molar-refractivity contribution is 6.30. The molecule has 0 aliphatic carbocycles. The fraction of sp³-hybridized carbons (Fsp3) is 0.429. The van der Waals surface area contributed by atoms with Gasteiger partial charge in [-0.1, -0.05) is 11.6 Å². The first-order valence-electron chi connectivity index (χ1n) is 6.46. The second-order valence-electron chi connectivity index (χ2n) is 5.10. The summed E-state index contributed by atoms with van der Waals surface area (Å²) in [5.41, 5.74) is 0.567. The Kier molecular flexibility index (Phi) is 4.18. The number of piperazine rings is 1. The minimum Gasteiger partial charge on any atom is -0.465 e. The third kappa shape index (κ3) is 2.88. The second kappa shape index (κ2) is 5.71. The molecule has 0 radical (unpaired) electrons. The van der Waals surface area contributed by atoms with Gasteiger partial charge in [-0.05, 0) is 38.1 Å². The van der Waals surface area contributed by atoms with Crippen molar-refractivity contribution in [2.45, 2.75) is 25.9 Å². The molecule has 0 saturated carbocycles. The number of nitrogens with zero attached hydrogens (tertiary/aromatic N) is 2. The maximum absolute atomic E-state index is 12.5. The van der Waals surface area contributed by atoms with Gasteiger partial charge in [-0.2, -0.15) is 0 Å². The molecule has 1 aliphatic heterocycles. The van der Waals surface area contributed by atoms with E-state index >= 15 is 0 Å². The van der Waals surface area contributed by atoms with Crippen molar-refractivity contribution in [3.8, 4) is 0 Å². The van der Waals surface area contributed by atoms with Gasteiger partial charge in [0, 0.05) is 35.8 Å². The van der Waals surface area contributed by atoms with Crippen LogP contribution < -0.4 is 0 Å². The molecular weight excluding hydrogens is 280 g/mol. The molecule has 1 heterocycles. The van der Waals surface area contributed by atoms with Crippen molar-refractivity contribution in [1.29, 1.82) is 0 Å². The van der Waals surface area contributed by atoms with Crippen LogP contribution in [-0.4, -0.2) is 52.1 Å². The average Bonchev–Trinajstić information content (AvgIpc) is 2.40. The molecule has 0 unspecified atom stereocenters. The molecule has 2 atom stereocenters. The number of carbonyl (C=O) groups is 2. The van der Waals surface area contributed by atoms with Crippen LogP contribution in [0.5, 0.6) is 0 Å². The van der Waals surface area contributed by atoms with Crippen LogP contribution in [-0.2, 0) is 0 Å². The summed E-state index contributed by atoms with van der Waals surface area (Å²) in [7, 11) is 0. The lowest BCUT2D eigenvalue weighted by molar-refractivity contribution is 0.0330. The van der Waals surface area contributed by atoms with Gasteiger partial charge in [0.15, 0.2) is 0 Å². The van der Waals surface area contributed by atoms with Crippen molar-refractivity contribution >= 4 is 23.6 Å². The fourth-order valence-electron chi connectivity index (χ4n) is 2.43. The Hall–Kier alpha value is -1.75. The predicted octanol–water partition coefficient (Wildman–Crippen LogP) is 2.55. The number of amides is 2. The minimum absolute atomic E-state index is 0.0916. The topological polar surface area (TPSA) is 60.9 Å². The maximum Gasteiger partial charge on any atom is 0.407 e. The zero-order chi connectivity index (χ0) is 14.9. The molecule has 1 fully saturated rings. The van der Waals surface area contributed by atoms with Crippen LogP contribution in [0.3, 0.4) is 0 Å². The van der Waals surface area contributed by atoms with E-state index in [-0.39, 0.29) is 18.0 Å². The standard InChI is InChI=1S/C14H17ClN2O3/c1-9-8-17(14(19)20)10(2)7-16(9)13(18)11-3-5-12(15)6-4-11/h3-6,9-10H,7-8H2,1-2H3,(H,19,20)/t9-,10+/m1/s1. The molecule has 20 heavy (non-hydrogen) atoms. The molecule has 5 nitrogen and oxygen atoms in total. The Morgan fingerprint density at radius 1 is 1.10 bits per heavy atom. The summed E-state index contributed by atoms with van der Waals surface area (Å²) in [5, 5.41) is 9.69. The van der Waals surface area contributed by atoms with E-state index in [9.17, 15) is 9.59 Å². The Balaban J connectivity index is 2.15. The van der Waals surface area contributed by atoms with Crippen LogP contribution in [0, 0.1) is 0 Å². The maximum atomic E-state index is 12.5. The first-order valence-corrected chi connectivity index (χ1v) is 6.84. The molecule has 1 N–H and O–H groups in total. The molecule has 0 aromatic heterocycles. The van der Waals surface area contributed by atoms with Crippen LogP contribution >= 0.6 is 11.6 Å². The van der Waals surface area contributed by atoms with E-state index in [0.29, 0.717) is 23.7 Å². The molecule has 108 valence electrons. The number of benzene rings is 1. The van der Waals surface area contributed by atoms with Gasteiger partial charge in [-0.15, -0.1) is 0 Å². The summed E-state index contributed by atoms with van der Waals surface area (Å²) >= 11 is 5.81. The average molecular weight is 297 g/mol. The Bertz CT molecular complexity index is 518. The lowest BCUT2D eigenvalue weighted by Gasteiger charge is -2.42. The summed E-state index contributed by atoms with van der Waals surface area (Å²) in [6.45, 7) is 4.39. The van der Waals surface area contributed by atoms with Gasteiger partial charge >= 0.3 is 6.09 Å². The van der Waals surface area contributed by atoms with Crippen LogP contribution in [0.4, 0.5) is 4.79 Å². The van der Waals surface area contributed by atoms with Crippen molar-refractivity contribution in [3.63, 3.8) is 0 Å². The van der Waals surface area contributed by atoms with Gasteiger partial charge in [-0.3, -0.25) is 4.79 Å². The highest BCUT2D eigenvalue weighted by Crippen LogP contribution is 2.19. The normalized spacial score (nSPS) is 22.8. The van der Waals surface area contributed by atoms with Gasteiger partial charge in [0.05, 0.1) is 0 Å². The van der Waals surface area contributed by atoms with Crippen LogP contribution in [0.1, 0.15) is 24.2 Å². The number of hydrogen-bond donors (Lipinski definition) is 1. The van der Waals surface area contributed by atoms with E-state index in [1.807, 2.05) is 13.8 Å². The largest absolute Gasteiger partial charge is 0.465 e. The summed E-state index contributed by atoms with van der Waals surface area (Å²) in [6, 6.07) is 6.37. The van der Waals surface area contributed by atoms with Gasteiger partial charge in [0.2, 0.25) is 0 Å². The van der Waals surface area contributed by atoms with E-state index in [4.69, 9.17) is 16.7 Å². The lowest BCUT2D eigenvalue weighted by atomic mass is 10.1. The number of carboxylic acid groups (broad SMARTS) is 1. The van der Waals surface area contributed by atoms with Crippen LogP contribution in [0.2, 0.25) is 5.02 Å². The van der Waals surface area contributed by atoms with Crippen molar-refractivity contribution in [3.05, 3.63) is 34.9 Å².